The van der Waals surface area contributed by atoms with E-state index in [1.165, 1.54) is 50.6 Å². The van der Waals surface area contributed by atoms with Crippen molar-refractivity contribution in [1.82, 2.24) is 10.2 Å². The zero-order valence-corrected chi connectivity index (χ0v) is 19.5. The second-order valence-corrected chi connectivity index (χ2v) is 8.36. The van der Waals surface area contributed by atoms with Gasteiger partial charge in [-0.3, -0.25) is 9.59 Å². The first kappa shape index (κ1) is 24.2. The summed E-state index contributed by atoms with van der Waals surface area (Å²) in [5.74, 6) is -1.20. The Bertz CT molecular complexity index is 1200. The normalized spacial score (nSPS) is 17.2. The van der Waals surface area contributed by atoms with Crippen molar-refractivity contribution in [3.05, 3.63) is 95.1 Å². The molecule has 3 aromatic carbocycles. The Morgan fingerprint density at radius 2 is 1.57 bits per heavy atom. The van der Waals surface area contributed by atoms with Crippen LogP contribution in [0.5, 0.6) is 11.5 Å². The molecule has 0 aliphatic carbocycles. The molecule has 3 aromatic rings. The van der Waals surface area contributed by atoms with Crippen LogP contribution in [-0.4, -0.2) is 44.0 Å². The first-order valence-corrected chi connectivity index (χ1v) is 11.2. The number of likely N-dealkylation sites (tertiary alicyclic amines) is 1. The molecule has 1 heterocycles. The number of hydrogen-bond donors (Lipinski definition) is 1. The van der Waals surface area contributed by atoms with E-state index in [9.17, 15) is 18.4 Å². The smallest absolute Gasteiger partial charge is 0.253 e. The summed E-state index contributed by atoms with van der Waals surface area (Å²) in [6.45, 7) is 0.675. The van der Waals surface area contributed by atoms with Gasteiger partial charge in [-0.05, 0) is 48.0 Å². The number of hydrogen-bond acceptors (Lipinski definition) is 4. The zero-order chi connectivity index (χ0) is 24.9. The van der Waals surface area contributed by atoms with E-state index in [0.717, 1.165) is 11.1 Å². The zero-order valence-electron chi connectivity index (χ0n) is 19.5. The molecule has 6 nitrogen and oxygen atoms in total. The van der Waals surface area contributed by atoms with Crippen LogP contribution in [0, 0.1) is 17.6 Å². The molecular formula is C27H26F2N2O4. The van der Waals surface area contributed by atoms with E-state index in [1.54, 1.807) is 23.1 Å². The van der Waals surface area contributed by atoms with Crippen molar-refractivity contribution in [2.45, 2.75) is 12.5 Å². The lowest BCUT2D eigenvalue weighted by molar-refractivity contribution is -0.125. The molecule has 1 N–H and O–H groups in total. The van der Waals surface area contributed by atoms with Gasteiger partial charge in [-0.25, -0.2) is 8.78 Å². The largest absolute Gasteiger partial charge is 0.493 e. The van der Waals surface area contributed by atoms with Crippen LogP contribution >= 0.6 is 0 Å². The molecule has 0 saturated carbocycles. The summed E-state index contributed by atoms with van der Waals surface area (Å²) in [5.41, 5.74) is 1.85. The molecule has 2 unspecified atom stereocenters. The van der Waals surface area contributed by atoms with Crippen LogP contribution in [0.2, 0.25) is 0 Å². The minimum absolute atomic E-state index is 0.177. The molecular weight excluding hydrogens is 454 g/mol. The van der Waals surface area contributed by atoms with Gasteiger partial charge in [0.15, 0.2) is 11.5 Å². The summed E-state index contributed by atoms with van der Waals surface area (Å²) < 4.78 is 37.6. The highest BCUT2D eigenvalue weighted by Crippen LogP contribution is 2.42. The highest BCUT2D eigenvalue weighted by molar-refractivity contribution is 5.95. The monoisotopic (exact) mass is 480 g/mol. The molecule has 1 saturated heterocycles. The minimum Gasteiger partial charge on any atom is -0.493 e. The number of methoxy groups -OCH3 is 2. The second kappa shape index (κ2) is 10.5. The lowest BCUT2D eigenvalue weighted by Gasteiger charge is -2.21. The maximum absolute atomic E-state index is 13.4. The maximum atomic E-state index is 13.4. The van der Waals surface area contributed by atoms with Crippen molar-refractivity contribution in [2.24, 2.45) is 5.92 Å². The van der Waals surface area contributed by atoms with Gasteiger partial charge >= 0.3 is 0 Å². The molecule has 1 aliphatic heterocycles. The molecule has 1 aliphatic rings. The van der Waals surface area contributed by atoms with Crippen LogP contribution in [0.15, 0.2) is 66.7 Å². The number of amides is 2. The summed E-state index contributed by atoms with van der Waals surface area (Å²) in [6.07, 6.45) is 0. The summed E-state index contributed by atoms with van der Waals surface area (Å²) in [5, 5.41) is 2.91. The summed E-state index contributed by atoms with van der Waals surface area (Å²) in [6, 6.07) is 16.7. The van der Waals surface area contributed by atoms with Crippen LogP contribution < -0.4 is 14.8 Å². The molecule has 4 rings (SSSR count). The molecule has 1 fully saturated rings. The number of nitrogens with zero attached hydrogens (tertiary/aromatic N) is 1. The molecule has 0 radical (unpaired) electrons. The third-order valence-electron chi connectivity index (χ3n) is 6.25. The number of halogens is 2. The first-order valence-electron chi connectivity index (χ1n) is 11.2. The molecule has 2 amide bonds. The molecule has 35 heavy (non-hydrogen) atoms. The highest BCUT2D eigenvalue weighted by Gasteiger charge is 2.42. The maximum Gasteiger partial charge on any atom is 0.253 e. The van der Waals surface area contributed by atoms with Crippen molar-refractivity contribution in [1.29, 1.82) is 0 Å². The highest BCUT2D eigenvalue weighted by atomic mass is 19.1. The Labute approximate surface area is 202 Å². The van der Waals surface area contributed by atoms with E-state index >= 15 is 0 Å². The lowest BCUT2D eigenvalue weighted by atomic mass is 9.87. The van der Waals surface area contributed by atoms with Crippen molar-refractivity contribution in [3.8, 4) is 11.5 Å². The quantitative estimate of drug-likeness (QED) is 0.552. The second-order valence-electron chi connectivity index (χ2n) is 8.36. The molecule has 0 aromatic heterocycles. The van der Waals surface area contributed by atoms with Crippen molar-refractivity contribution in [3.63, 3.8) is 0 Å². The van der Waals surface area contributed by atoms with Gasteiger partial charge in [-0.1, -0.05) is 24.3 Å². The number of rotatable bonds is 7. The Morgan fingerprint density at radius 3 is 2.20 bits per heavy atom. The van der Waals surface area contributed by atoms with E-state index in [1.807, 2.05) is 12.1 Å². The number of carbonyl (C=O) groups is 2. The standard InChI is InChI=1S/C27H26F2N2O4/c1-34-24-5-3-4-21(25(24)35-2)22-15-31(27(33)18-8-12-20(29)13-9-18)16-23(22)26(32)30-14-17-6-10-19(28)11-7-17/h3-13,22-23H,14-16H2,1-2H3,(H,30,32). The predicted molar refractivity (Wildman–Crippen MR) is 126 cm³/mol. The number of benzene rings is 3. The number of ether oxygens (including phenoxy) is 2. The third-order valence-corrected chi connectivity index (χ3v) is 6.25. The summed E-state index contributed by atoms with van der Waals surface area (Å²) in [7, 11) is 3.06. The van der Waals surface area contributed by atoms with E-state index in [4.69, 9.17) is 9.47 Å². The fraction of sp³-hybridized carbons (Fsp3) is 0.259. The Hall–Kier alpha value is -3.94. The molecule has 182 valence electrons. The van der Waals surface area contributed by atoms with Gasteiger partial charge in [0, 0.05) is 36.7 Å². The van der Waals surface area contributed by atoms with E-state index in [2.05, 4.69) is 5.32 Å². The predicted octanol–water partition coefficient (Wildman–Crippen LogP) is 4.15. The summed E-state index contributed by atoms with van der Waals surface area (Å²) in [4.78, 5) is 28.1. The van der Waals surface area contributed by atoms with Crippen LogP contribution in [0.25, 0.3) is 0 Å². The SMILES string of the molecule is COc1cccc(C2CN(C(=O)c3ccc(F)cc3)CC2C(=O)NCc2ccc(F)cc2)c1OC. The minimum atomic E-state index is -0.569. The van der Waals surface area contributed by atoms with Crippen LogP contribution in [0.4, 0.5) is 8.78 Å². The topological polar surface area (TPSA) is 67.9 Å². The van der Waals surface area contributed by atoms with Crippen LogP contribution in [0.3, 0.4) is 0 Å². The van der Waals surface area contributed by atoms with Crippen LogP contribution in [0.1, 0.15) is 27.4 Å². The van der Waals surface area contributed by atoms with Crippen molar-refractivity contribution < 1.29 is 27.8 Å². The third kappa shape index (κ3) is 5.26. The van der Waals surface area contributed by atoms with Gasteiger partial charge in [-0.15, -0.1) is 0 Å². The fourth-order valence-corrected chi connectivity index (χ4v) is 4.45. The lowest BCUT2D eigenvalue weighted by Crippen LogP contribution is -2.35. The van der Waals surface area contributed by atoms with Gasteiger partial charge in [0.2, 0.25) is 5.91 Å². The Kier molecular flexibility index (Phi) is 7.29. The fourth-order valence-electron chi connectivity index (χ4n) is 4.45. The molecule has 8 heteroatoms. The van der Waals surface area contributed by atoms with E-state index < -0.39 is 11.7 Å². The average Bonchev–Trinajstić information content (AvgIpc) is 3.33. The van der Waals surface area contributed by atoms with Gasteiger partial charge in [0.1, 0.15) is 11.6 Å². The van der Waals surface area contributed by atoms with E-state index in [-0.39, 0.29) is 43.2 Å². The number of carbonyl (C=O) groups excluding carboxylic acids is 2. The van der Waals surface area contributed by atoms with Gasteiger partial charge in [0.25, 0.3) is 5.91 Å². The van der Waals surface area contributed by atoms with Crippen LogP contribution in [-0.2, 0) is 11.3 Å². The van der Waals surface area contributed by atoms with Crippen molar-refractivity contribution >= 4 is 11.8 Å². The average molecular weight is 481 g/mol. The molecule has 0 bridgehead atoms. The van der Waals surface area contributed by atoms with E-state index in [0.29, 0.717) is 17.1 Å². The summed E-state index contributed by atoms with van der Waals surface area (Å²) >= 11 is 0. The first-order chi connectivity index (χ1) is 16.9. The van der Waals surface area contributed by atoms with Gasteiger partial charge in [-0.2, -0.15) is 0 Å². The van der Waals surface area contributed by atoms with Crippen molar-refractivity contribution in [2.75, 3.05) is 27.3 Å². The molecule has 2 atom stereocenters. The Balaban J connectivity index is 1.61. The molecule has 0 spiro atoms. The number of nitrogens with one attached hydrogen (secondary N) is 1. The van der Waals surface area contributed by atoms with Gasteiger partial charge < -0.3 is 19.7 Å². The Morgan fingerprint density at radius 1 is 0.914 bits per heavy atom. The van der Waals surface area contributed by atoms with Gasteiger partial charge in [0.05, 0.1) is 20.1 Å². The number of para-hydroxylation sites is 1.